The molecular formula is C35H46N2O2S. The number of rotatable bonds is 19. The number of nitrogens with zero attached hydrogens (tertiary/aromatic N) is 2. The van der Waals surface area contributed by atoms with Crippen molar-refractivity contribution in [3.8, 4) is 5.75 Å². The number of carbonyl (C=O) groups excluding carboxylic acids is 1. The van der Waals surface area contributed by atoms with Gasteiger partial charge in [0.1, 0.15) is 5.75 Å². The zero-order chi connectivity index (χ0) is 28.3. The van der Waals surface area contributed by atoms with Crippen LogP contribution < -0.4 is 4.74 Å². The van der Waals surface area contributed by atoms with E-state index in [1.54, 1.807) is 0 Å². The summed E-state index contributed by atoms with van der Waals surface area (Å²) in [5.74, 6) is 0.863. The summed E-state index contributed by atoms with van der Waals surface area (Å²) in [5.41, 5.74) is 3.48. The highest BCUT2D eigenvalue weighted by molar-refractivity contribution is 8.14. The lowest BCUT2D eigenvalue weighted by Crippen LogP contribution is -1.96. The second kappa shape index (κ2) is 19.2. The second-order valence-corrected chi connectivity index (χ2v) is 11.5. The summed E-state index contributed by atoms with van der Waals surface area (Å²) in [7, 11) is 0. The van der Waals surface area contributed by atoms with Crippen molar-refractivity contribution in [2.24, 2.45) is 10.2 Å². The zero-order valence-corrected chi connectivity index (χ0v) is 25.3. The smallest absolute Gasteiger partial charge is 0.224 e. The van der Waals surface area contributed by atoms with Crippen LogP contribution in [0.3, 0.4) is 0 Å². The van der Waals surface area contributed by atoms with E-state index >= 15 is 0 Å². The van der Waals surface area contributed by atoms with Crippen molar-refractivity contribution in [1.82, 2.24) is 0 Å². The third-order valence-electron chi connectivity index (χ3n) is 6.94. The molecule has 4 nitrogen and oxygen atoms in total. The maximum atomic E-state index is 12.8. The first-order valence-electron chi connectivity index (χ1n) is 15.2. The van der Waals surface area contributed by atoms with Gasteiger partial charge < -0.3 is 4.74 Å². The van der Waals surface area contributed by atoms with Crippen LogP contribution in [0.5, 0.6) is 5.75 Å². The number of hydrogen-bond acceptors (Lipinski definition) is 5. The molecule has 3 rings (SSSR count). The van der Waals surface area contributed by atoms with Gasteiger partial charge >= 0.3 is 0 Å². The van der Waals surface area contributed by atoms with E-state index in [0.29, 0.717) is 11.3 Å². The van der Waals surface area contributed by atoms with Crippen molar-refractivity contribution < 1.29 is 9.53 Å². The molecule has 3 aromatic carbocycles. The van der Waals surface area contributed by atoms with Crippen molar-refractivity contribution in [2.75, 3.05) is 6.61 Å². The van der Waals surface area contributed by atoms with E-state index < -0.39 is 0 Å². The summed E-state index contributed by atoms with van der Waals surface area (Å²) in [6.45, 7) is 5.24. The highest BCUT2D eigenvalue weighted by Crippen LogP contribution is 2.26. The highest BCUT2D eigenvalue weighted by Gasteiger charge is 2.08. The predicted molar refractivity (Wildman–Crippen MR) is 170 cm³/mol. The lowest BCUT2D eigenvalue weighted by molar-refractivity contribution is 0.108. The van der Waals surface area contributed by atoms with Gasteiger partial charge in [-0.25, -0.2) is 0 Å². The van der Waals surface area contributed by atoms with Crippen molar-refractivity contribution >= 4 is 28.3 Å². The Labute approximate surface area is 246 Å². The quantitative estimate of drug-likeness (QED) is 0.0835. The topological polar surface area (TPSA) is 51.0 Å². The van der Waals surface area contributed by atoms with E-state index in [9.17, 15) is 4.79 Å². The Morgan fingerprint density at radius 2 is 1.15 bits per heavy atom. The Morgan fingerprint density at radius 3 is 1.75 bits per heavy atom. The van der Waals surface area contributed by atoms with Crippen LogP contribution in [-0.4, -0.2) is 11.7 Å². The SMILES string of the molecule is CCCCCCCCCOc1ccc(N=Nc2ccc(C(=O)Sc3ccc(CCCCCCC)cc3)cc2)cc1. The first kappa shape index (κ1) is 31.6. The van der Waals surface area contributed by atoms with Crippen LogP contribution in [0.4, 0.5) is 11.4 Å². The summed E-state index contributed by atoms with van der Waals surface area (Å²) >= 11 is 1.26. The maximum absolute atomic E-state index is 12.8. The number of ether oxygens (including phenoxy) is 1. The van der Waals surface area contributed by atoms with Crippen LogP contribution in [0, 0.1) is 0 Å². The second-order valence-electron chi connectivity index (χ2n) is 10.4. The van der Waals surface area contributed by atoms with Gasteiger partial charge in [0.05, 0.1) is 18.0 Å². The molecule has 0 radical (unpaired) electrons. The number of thioether (sulfide) groups is 1. The molecule has 0 aliphatic heterocycles. The fourth-order valence-corrected chi connectivity index (χ4v) is 5.20. The molecule has 0 amide bonds. The van der Waals surface area contributed by atoms with Crippen LogP contribution >= 0.6 is 11.8 Å². The largest absolute Gasteiger partial charge is 0.494 e. The molecule has 5 heteroatoms. The van der Waals surface area contributed by atoms with Crippen molar-refractivity contribution in [2.45, 2.75) is 102 Å². The number of benzene rings is 3. The molecule has 0 spiro atoms. The van der Waals surface area contributed by atoms with E-state index in [2.05, 4.69) is 48.3 Å². The maximum Gasteiger partial charge on any atom is 0.224 e. The third kappa shape index (κ3) is 12.5. The summed E-state index contributed by atoms with van der Waals surface area (Å²) in [5, 5.41) is 8.68. The predicted octanol–water partition coefficient (Wildman–Crippen LogP) is 11.7. The minimum atomic E-state index is 0.0305. The molecule has 3 aromatic rings. The van der Waals surface area contributed by atoms with Gasteiger partial charge in [-0.3, -0.25) is 4.79 Å². The van der Waals surface area contributed by atoms with Crippen molar-refractivity contribution in [3.63, 3.8) is 0 Å². The average molecular weight is 559 g/mol. The van der Waals surface area contributed by atoms with Crippen LogP contribution in [0.25, 0.3) is 0 Å². The number of azo groups is 1. The minimum Gasteiger partial charge on any atom is -0.494 e. The third-order valence-corrected chi connectivity index (χ3v) is 7.87. The molecule has 0 saturated heterocycles. The first-order chi connectivity index (χ1) is 19.7. The van der Waals surface area contributed by atoms with Gasteiger partial charge in [0.25, 0.3) is 0 Å². The Morgan fingerprint density at radius 1 is 0.625 bits per heavy atom. The van der Waals surface area contributed by atoms with Gasteiger partial charge in [-0.05, 0) is 97.3 Å². The van der Waals surface area contributed by atoms with E-state index in [1.807, 2.05) is 48.5 Å². The molecule has 0 unspecified atom stereocenters. The van der Waals surface area contributed by atoms with Gasteiger partial charge in [0, 0.05) is 10.5 Å². The molecule has 0 saturated carbocycles. The Kier molecular flexibility index (Phi) is 15.2. The Hall–Kier alpha value is -2.92. The Bertz CT molecular complexity index is 1130. The zero-order valence-electron chi connectivity index (χ0n) is 24.4. The molecular weight excluding hydrogens is 512 g/mol. The fraction of sp³-hybridized carbons (Fsp3) is 0.457. The first-order valence-corrected chi connectivity index (χ1v) is 16.1. The molecule has 0 atom stereocenters. The molecule has 0 bridgehead atoms. The normalized spacial score (nSPS) is 11.2. The average Bonchev–Trinajstić information content (AvgIpc) is 2.99. The van der Waals surface area contributed by atoms with Crippen LogP contribution in [0.15, 0.2) is 87.9 Å². The molecule has 0 aliphatic rings. The van der Waals surface area contributed by atoms with E-state index in [1.165, 1.54) is 88.0 Å². The Balaban J connectivity index is 1.38. The molecule has 0 aromatic heterocycles. The molecule has 0 fully saturated rings. The van der Waals surface area contributed by atoms with Gasteiger partial charge in [0.2, 0.25) is 5.12 Å². The summed E-state index contributed by atoms with van der Waals surface area (Å²) in [6.07, 6.45) is 16.5. The van der Waals surface area contributed by atoms with Crippen molar-refractivity contribution in [3.05, 3.63) is 83.9 Å². The standard InChI is InChI=1S/C35H46N2O2S/c1-3-5-7-9-10-12-14-28-39-33-24-22-32(23-25-33)37-36-31-20-18-30(19-21-31)35(38)40-34-26-16-29(17-27-34)15-13-11-8-6-4-2/h16-27H,3-15,28H2,1-2H3. The summed E-state index contributed by atoms with van der Waals surface area (Å²) < 4.78 is 5.86. The lowest BCUT2D eigenvalue weighted by atomic mass is 10.1. The van der Waals surface area contributed by atoms with Gasteiger partial charge in [-0.1, -0.05) is 90.2 Å². The van der Waals surface area contributed by atoms with Crippen LogP contribution in [0.1, 0.15) is 107 Å². The highest BCUT2D eigenvalue weighted by atomic mass is 32.2. The molecule has 0 aliphatic carbocycles. The van der Waals surface area contributed by atoms with E-state index in [0.717, 1.165) is 35.8 Å². The number of aryl methyl sites for hydroxylation is 1. The van der Waals surface area contributed by atoms with Gasteiger partial charge in [0.15, 0.2) is 0 Å². The summed E-state index contributed by atoms with van der Waals surface area (Å²) in [6, 6.07) is 23.4. The molecule has 214 valence electrons. The number of hydrogen-bond donors (Lipinski definition) is 0. The van der Waals surface area contributed by atoms with Gasteiger partial charge in [-0.2, -0.15) is 10.2 Å². The lowest BCUT2D eigenvalue weighted by Gasteiger charge is -2.06. The molecule has 0 N–H and O–H groups in total. The summed E-state index contributed by atoms with van der Waals surface area (Å²) in [4.78, 5) is 13.7. The molecule has 40 heavy (non-hydrogen) atoms. The van der Waals surface area contributed by atoms with E-state index in [-0.39, 0.29) is 5.12 Å². The van der Waals surface area contributed by atoms with Crippen LogP contribution in [-0.2, 0) is 6.42 Å². The fourth-order valence-electron chi connectivity index (χ4n) is 4.46. The molecule has 0 heterocycles. The van der Waals surface area contributed by atoms with Crippen LogP contribution in [0.2, 0.25) is 0 Å². The monoisotopic (exact) mass is 558 g/mol. The minimum absolute atomic E-state index is 0.0305. The van der Waals surface area contributed by atoms with Crippen molar-refractivity contribution in [1.29, 1.82) is 0 Å². The number of carbonyl (C=O) groups is 1. The van der Waals surface area contributed by atoms with Gasteiger partial charge in [-0.15, -0.1) is 0 Å². The van der Waals surface area contributed by atoms with E-state index in [4.69, 9.17) is 4.74 Å². The number of unbranched alkanes of at least 4 members (excludes halogenated alkanes) is 10.